The van der Waals surface area contributed by atoms with Crippen LogP contribution in [-0.2, 0) is 65.4 Å². The van der Waals surface area contributed by atoms with E-state index in [0.29, 0.717) is 25.7 Å². The fourth-order valence-corrected chi connectivity index (χ4v) is 14.3. The molecule has 17 nitrogen and oxygen atoms in total. The molecule has 600 valence electrons. The second kappa shape index (κ2) is 73.6. The van der Waals surface area contributed by atoms with Crippen LogP contribution in [0.4, 0.5) is 0 Å². The molecule has 0 aliphatic carbocycles. The lowest BCUT2D eigenvalue weighted by Crippen LogP contribution is -2.30. The van der Waals surface area contributed by atoms with Crippen molar-refractivity contribution in [3.05, 3.63) is 0 Å². The Bertz CT molecular complexity index is 1940. The normalized spacial score (nSPS) is 14.2. The lowest BCUT2D eigenvalue weighted by atomic mass is 9.99. The highest BCUT2D eigenvalue weighted by molar-refractivity contribution is 7.47. The summed E-state index contributed by atoms with van der Waals surface area (Å²) in [6, 6.07) is 0. The average Bonchev–Trinajstić information content (AvgIpc) is 0.920. The second-order valence-electron chi connectivity index (χ2n) is 30.2. The molecule has 6 atom stereocenters. The van der Waals surface area contributed by atoms with E-state index >= 15 is 0 Å². The van der Waals surface area contributed by atoms with E-state index in [-0.39, 0.29) is 25.7 Å². The lowest BCUT2D eigenvalue weighted by molar-refractivity contribution is -0.161. The monoisotopic (exact) mass is 1480 g/mol. The SMILES string of the molecule is CCCCCCCCCCCCCCCCCCCCCCC(=O)O[C@H](COC(=O)CCCCCCCCCCCCCCCCC(C)CC)COP(=O)(O)OC[C@@H](O)COP(=O)(O)OC[C@@H](COC(=O)CCCCCCCCCC)OC(=O)CCCCCCCCCCCCCCC(C)C. The summed E-state index contributed by atoms with van der Waals surface area (Å²) < 4.78 is 68.7. The smallest absolute Gasteiger partial charge is 0.462 e. The predicted molar refractivity (Wildman–Crippen MR) is 414 cm³/mol. The molecule has 0 fully saturated rings. The van der Waals surface area contributed by atoms with Crippen molar-refractivity contribution in [2.75, 3.05) is 39.6 Å². The van der Waals surface area contributed by atoms with Crippen molar-refractivity contribution in [2.24, 2.45) is 11.8 Å². The van der Waals surface area contributed by atoms with Crippen molar-refractivity contribution in [1.82, 2.24) is 0 Å². The largest absolute Gasteiger partial charge is 0.472 e. The summed E-state index contributed by atoms with van der Waals surface area (Å²) in [5.41, 5.74) is 0. The van der Waals surface area contributed by atoms with E-state index in [1.165, 1.54) is 244 Å². The first-order chi connectivity index (χ1) is 48.9. The van der Waals surface area contributed by atoms with Crippen LogP contribution < -0.4 is 0 Å². The van der Waals surface area contributed by atoms with E-state index in [2.05, 4.69) is 41.5 Å². The van der Waals surface area contributed by atoms with Gasteiger partial charge in [-0.05, 0) is 37.5 Å². The van der Waals surface area contributed by atoms with Crippen LogP contribution in [0.2, 0.25) is 0 Å². The van der Waals surface area contributed by atoms with Gasteiger partial charge in [0.05, 0.1) is 26.4 Å². The third kappa shape index (κ3) is 74.7. The number of aliphatic hydroxyl groups excluding tert-OH is 1. The predicted octanol–water partition coefficient (Wildman–Crippen LogP) is 24.7. The number of unbranched alkanes of at least 4 members (excludes halogenated alkanes) is 50. The number of aliphatic hydroxyl groups is 1. The first-order valence-corrected chi connectivity index (χ1v) is 45.5. The number of hydrogen-bond donors (Lipinski definition) is 3. The van der Waals surface area contributed by atoms with Crippen LogP contribution in [0.1, 0.15) is 433 Å². The highest BCUT2D eigenvalue weighted by atomic mass is 31.2. The summed E-state index contributed by atoms with van der Waals surface area (Å²) in [6.07, 6.45) is 63.9. The summed E-state index contributed by atoms with van der Waals surface area (Å²) in [5, 5.41) is 10.6. The molecule has 0 heterocycles. The summed E-state index contributed by atoms with van der Waals surface area (Å²) in [7, 11) is -9.92. The van der Waals surface area contributed by atoms with Crippen LogP contribution >= 0.6 is 15.6 Å². The molecule has 0 aliphatic rings. The van der Waals surface area contributed by atoms with Gasteiger partial charge in [0.25, 0.3) is 0 Å². The van der Waals surface area contributed by atoms with Gasteiger partial charge in [-0.1, -0.05) is 382 Å². The molecule has 0 aromatic rings. The number of carbonyl (C=O) groups is 4. The van der Waals surface area contributed by atoms with Gasteiger partial charge in [-0.3, -0.25) is 37.3 Å². The Kier molecular flexibility index (Phi) is 72.2. The van der Waals surface area contributed by atoms with E-state index in [1.807, 2.05) is 0 Å². The minimum absolute atomic E-state index is 0.107. The van der Waals surface area contributed by atoms with Crippen LogP contribution in [0.15, 0.2) is 0 Å². The van der Waals surface area contributed by atoms with Crippen LogP contribution in [-0.4, -0.2) is 96.7 Å². The summed E-state index contributed by atoms with van der Waals surface area (Å²) in [4.78, 5) is 73.0. The van der Waals surface area contributed by atoms with E-state index in [9.17, 15) is 43.2 Å². The molecule has 0 saturated carbocycles. The molecular weight excluding hydrogens is 1320 g/mol. The maximum atomic E-state index is 13.1. The topological polar surface area (TPSA) is 237 Å². The Balaban J connectivity index is 5.20. The highest BCUT2D eigenvalue weighted by Crippen LogP contribution is 2.45. The Morgan fingerprint density at radius 2 is 0.505 bits per heavy atom. The van der Waals surface area contributed by atoms with E-state index in [0.717, 1.165) is 108 Å². The van der Waals surface area contributed by atoms with Gasteiger partial charge in [-0.2, -0.15) is 0 Å². The number of esters is 4. The first-order valence-electron chi connectivity index (χ1n) is 42.5. The molecule has 0 radical (unpaired) electrons. The quantitative estimate of drug-likeness (QED) is 0.0222. The Morgan fingerprint density at radius 1 is 0.287 bits per heavy atom. The van der Waals surface area contributed by atoms with Crippen molar-refractivity contribution in [3.8, 4) is 0 Å². The number of rotatable bonds is 81. The van der Waals surface area contributed by atoms with Gasteiger partial charge in [0.1, 0.15) is 19.3 Å². The van der Waals surface area contributed by atoms with Crippen molar-refractivity contribution >= 4 is 39.5 Å². The van der Waals surface area contributed by atoms with E-state index in [4.69, 9.17) is 37.0 Å². The van der Waals surface area contributed by atoms with Crippen molar-refractivity contribution in [1.29, 1.82) is 0 Å². The van der Waals surface area contributed by atoms with Crippen LogP contribution in [0, 0.1) is 11.8 Å². The zero-order valence-electron chi connectivity index (χ0n) is 66.2. The minimum atomic E-state index is -4.96. The zero-order valence-corrected chi connectivity index (χ0v) is 68.0. The molecule has 0 aromatic carbocycles. The fourth-order valence-electron chi connectivity index (χ4n) is 12.7. The van der Waals surface area contributed by atoms with E-state index in [1.54, 1.807) is 0 Å². The number of phosphoric acid groups is 2. The molecule has 0 aliphatic heterocycles. The Labute approximate surface area is 619 Å². The maximum absolute atomic E-state index is 13.1. The average molecular weight is 1480 g/mol. The van der Waals surface area contributed by atoms with Gasteiger partial charge in [0, 0.05) is 25.7 Å². The lowest BCUT2D eigenvalue weighted by Gasteiger charge is -2.21. The van der Waals surface area contributed by atoms with Crippen LogP contribution in [0.3, 0.4) is 0 Å². The van der Waals surface area contributed by atoms with Gasteiger partial charge in [-0.15, -0.1) is 0 Å². The highest BCUT2D eigenvalue weighted by Gasteiger charge is 2.30. The number of ether oxygens (including phenoxy) is 4. The first kappa shape index (κ1) is 99.1. The van der Waals surface area contributed by atoms with Gasteiger partial charge in [0.2, 0.25) is 0 Å². The molecule has 0 saturated heterocycles. The van der Waals surface area contributed by atoms with Gasteiger partial charge >= 0.3 is 39.5 Å². The minimum Gasteiger partial charge on any atom is -0.462 e. The molecule has 0 amide bonds. The number of carbonyl (C=O) groups excluding carboxylic acids is 4. The van der Waals surface area contributed by atoms with Gasteiger partial charge in [-0.25, -0.2) is 9.13 Å². The fraction of sp³-hybridized carbons (Fsp3) is 0.951. The third-order valence-electron chi connectivity index (χ3n) is 19.6. The molecular formula is C82H160O17P2. The molecule has 0 aromatic heterocycles. The van der Waals surface area contributed by atoms with Gasteiger partial charge in [0.15, 0.2) is 12.2 Å². The summed E-state index contributed by atoms with van der Waals surface area (Å²) >= 11 is 0. The molecule has 19 heteroatoms. The Morgan fingerprint density at radius 3 is 0.752 bits per heavy atom. The number of phosphoric ester groups is 2. The molecule has 3 N–H and O–H groups in total. The molecule has 0 bridgehead atoms. The standard InChI is InChI=1S/C82H160O17P2/c1-7-10-12-14-16-18-19-20-21-22-23-24-25-26-31-37-42-48-54-60-66-81(86)99-78(71-93-80(85)65-59-53-47-41-36-30-28-27-29-35-40-45-51-57-63-75(6)9-3)73-97-101(90,91)95-69-76(83)68-94-100(88,89)96-72-77(70-92-79(84)64-58-52-46-17-15-13-11-8-2)98-82(87)67-61-55-49-43-38-33-32-34-39-44-50-56-62-74(4)5/h74-78,83H,7-73H2,1-6H3,(H,88,89)(H,90,91)/t75?,76-,77+,78+/m0/s1. The second-order valence-corrected chi connectivity index (χ2v) is 33.1. The maximum Gasteiger partial charge on any atom is 0.472 e. The molecule has 101 heavy (non-hydrogen) atoms. The molecule has 0 rings (SSSR count). The van der Waals surface area contributed by atoms with Crippen molar-refractivity contribution < 1.29 is 80.2 Å². The zero-order chi connectivity index (χ0) is 74.2. The van der Waals surface area contributed by atoms with Gasteiger partial charge < -0.3 is 33.8 Å². The van der Waals surface area contributed by atoms with E-state index < -0.39 is 97.5 Å². The van der Waals surface area contributed by atoms with Crippen molar-refractivity contribution in [2.45, 2.75) is 452 Å². The Hall–Kier alpha value is -1.94. The van der Waals surface area contributed by atoms with Crippen molar-refractivity contribution in [3.63, 3.8) is 0 Å². The molecule has 3 unspecified atom stereocenters. The summed E-state index contributed by atoms with van der Waals surface area (Å²) in [5.74, 6) is -0.483. The third-order valence-corrected chi connectivity index (χ3v) is 21.5. The molecule has 0 spiro atoms. The number of hydrogen-bond acceptors (Lipinski definition) is 15. The van der Waals surface area contributed by atoms with Crippen LogP contribution in [0.5, 0.6) is 0 Å². The van der Waals surface area contributed by atoms with Crippen LogP contribution in [0.25, 0.3) is 0 Å². The summed E-state index contributed by atoms with van der Waals surface area (Å²) in [6.45, 7) is 9.68.